The van der Waals surface area contributed by atoms with Gasteiger partial charge in [0.1, 0.15) is 16.2 Å². The Morgan fingerprint density at radius 3 is 2.71 bits per heavy atom. The highest BCUT2D eigenvalue weighted by Gasteiger charge is 2.27. The van der Waals surface area contributed by atoms with Gasteiger partial charge in [0, 0.05) is 26.2 Å². The van der Waals surface area contributed by atoms with Crippen LogP contribution in [0.2, 0.25) is 0 Å². The molecular weight excluding hydrogens is 286 g/mol. The minimum absolute atomic E-state index is 0.270. The Labute approximate surface area is 109 Å². The van der Waals surface area contributed by atoms with E-state index in [1.807, 2.05) is 6.07 Å². The third kappa shape index (κ3) is 3.62. The van der Waals surface area contributed by atoms with Crippen LogP contribution in [-0.2, 0) is 9.47 Å². The summed E-state index contributed by atoms with van der Waals surface area (Å²) < 4.78 is 11.0. The van der Waals surface area contributed by atoms with Crippen molar-refractivity contribution in [3.63, 3.8) is 0 Å². The molecule has 2 rings (SSSR count). The number of rotatable bonds is 6. The van der Waals surface area contributed by atoms with E-state index in [0.717, 1.165) is 16.2 Å². The normalized spacial score (nSPS) is 15.3. The molecule has 1 aromatic rings. The predicted octanol–water partition coefficient (Wildman–Crippen LogP) is 2.15. The fraction of sp³-hybridized carbons (Fsp3) is 0.636. The molecule has 0 radical (unpaired) electrons. The van der Waals surface area contributed by atoms with Gasteiger partial charge in [-0.2, -0.15) is 0 Å². The summed E-state index contributed by atoms with van der Waals surface area (Å²) in [4.78, 5) is 8.84. The number of nitrogens with one attached hydrogen (secondary N) is 1. The zero-order valence-corrected chi connectivity index (χ0v) is 11.5. The standard InChI is InChI=1S/C11H16BrN3O2/c1-16-10(17-2)6-13-9-5-8(12)14-11(15-9)7-3-4-7/h5,7,10H,3-4,6H2,1-2H3,(H,13,14,15). The first-order chi connectivity index (χ1) is 8.22. The first kappa shape index (κ1) is 12.7. The minimum Gasteiger partial charge on any atom is -0.365 e. The number of hydrogen-bond donors (Lipinski definition) is 1. The molecule has 0 aliphatic heterocycles. The lowest BCUT2D eigenvalue weighted by molar-refractivity contribution is -0.0914. The fourth-order valence-electron chi connectivity index (χ4n) is 1.50. The molecule has 1 aromatic heterocycles. The van der Waals surface area contributed by atoms with E-state index >= 15 is 0 Å². The zero-order chi connectivity index (χ0) is 12.3. The summed E-state index contributed by atoms with van der Waals surface area (Å²) in [6.45, 7) is 0.556. The Hall–Kier alpha value is -0.720. The Balaban J connectivity index is 1.99. The van der Waals surface area contributed by atoms with Crippen molar-refractivity contribution in [1.82, 2.24) is 9.97 Å². The molecule has 1 aliphatic carbocycles. The van der Waals surface area contributed by atoms with Gasteiger partial charge in [0.05, 0.1) is 6.54 Å². The summed E-state index contributed by atoms with van der Waals surface area (Å²) in [5.41, 5.74) is 0. The van der Waals surface area contributed by atoms with Crippen LogP contribution < -0.4 is 5.32 Å². The van der Waals surface area contributed by atoms with Gasteiger partial charge in [-0.3, -0.25) is 0 Å². The molecule has 0 aromatic carbocycles. The predicted molar refractivity (Wildman–Crippen MR) is 68.0 cm³/mol. The summed E-state index contributed by atoms with van der Waals surface area (Å²) in [6.07, 6.45) is 2.11. The van der Waals surface area contributed by atoms with E-state index in [1.165, 1.54) is 12.8 Å². The first-order valence-electron chi connectivity index (χ1n) is 5.57. The Morgan fingerprint density at radius 1 is 1.41 bits per heavy atom. The average molecular weight is 302 g/mol. The lowest BCUT2D eigenvalue weighted by Gasteiger charge is -2.14. The highest BCUT2D eigenvalue weighted by molar-refractivity contribution is 9.10. The van der Waals surface area contributed by atoms with Crippen molar-refractivity contribution in [3.8, 4) is 0 Å². The molecule has 0 spiro atoms. The Morgan fingerprint density at radius 2 is 2.12 bits per heavy atom. The monoisotopic (exact) mass is 301 g/mol. The summed E-state index contributed by atoms with van der Waals surface area (Å²) in [6, 6.07) is 1.86. The maximum atomic E-state index is 5.10. The van der Waals surface area contributed by atoms with Gasteiger partial charge in [-0.05, 0) is 28.8 Å². The molecule has 1 fully saturated rings. The summed E-state index contributed by atoms with van der Waals surface area (Å²) in [5.74, 6) is 2.25. The molecule has 0 amide bonds. The summed E-state index contributed by atoms with van der Waals surface area (Å²) in [5, 5.41) is 3.18. The highest BCUT2D eigenvalue weighted by atomic mass is 79.9. The summed E-state index contributed by atoms with van der Waals surface area (Å²) in [7, 11) is 3.22. The molecule has 5 nitrogen and oxygen atoms in total. The van der Waals surface area contributed by atoms with Gasteiger partial charge in [0.2, 0.25) is 0 Å². The maximum absolute atomic E-state index is 5.10. The van der Waals surface area contributed by atoms with Crippen molar-refractivity contribution in [2.45, 2.75) is 25.0 Å². The molecule has 94 valence electrons. The molecule has 1 N–H and O–H groups in total. The van der Waals surface area contributed by atoms with Crippen LogP contribution >= 0.6 is 15.9 Å². The Bertz CT molecular complexity index is 381. The van der Waals surface area contributed by atoms with Crippen molar-refractivity contribution < 1.29 is 9.47 Å². The van der Waals surface area contributed by atoms with Gasteiger partial charge in [0.15, 0.2) is 6.29 Å². The number of anilines is 1. The third-order valence-corrected chi connectivity index (χ3v) is 3.04. The number of nitrogens with zero attached hydrogens (tertiary/aromatic N) is 2. The lowest BCUT2D eigenvalue weighted by atomic mass is 10.4. The third-order valence-electron chi connectivity index (χ3n) is 2.63. The zero-order valence-electron chi connectivity index (χ0n) is 9.94. The second-order valence-corrected chi connectivity index (χ2v) is 4.80. The van der Waals surface area contributed by atoms with Crippen molar-refractivity contribution in [1.29, 1.82) is 0 Å². The van der Waals surface area contributed by atoms with Crippen LogP contribution in [0.15, 0.2) is 10.7 Å². The van der Waals surface area contributed by atoms with Crippen LogP contribution in [-0.4, -0.2) is 37.0 Å². The van der Waals surface area contributed by atoms with Crippen LogP contribution in [0.4, 0.5) is 5.82 Å². The van der Waals surface area contributed by atoms with Crippen molar-refractivity contribution in [3.05, 3.63) is 16.5 Å². The van der Waals surface area contributed by atoms with E-state index in [2.05, 4.69) is 31.2 Å². The number of methoxy groups -OCH3 is 2. The molecule has 1 heterocycles. The molecule has 0 atom stereocenters. The van der Waals surface area contributed by atoms with Gasteiger partial charge in [0.25, 0.3) is 0 Å². The molecule has 6 heteroatoms. The molecule has 0 bridgehead atoms. The SMILES string of the molecule is COC(CNc1cc(Br)nc(C2CC2)n1)OC. The number of aromatic nitrogens is 2. The molecule has 0 saturated heterocycles. The van der Waals surface area contributed by atoms with E-state index in [-0.39, 0.29) is 6.29 Å². The average Bonchev–Trinajstić information content (AvgIpc) is 3.13. The van der Waals surface area contributed by atoms with Crippen molar-refractivity contribution in [2.24, 2.45) is 0 Å². The van der Waals surface area contributed by atoms with Crippen molar-refractivity contribution >= 4 is 21.7 Å². The molecule has 1 saturated carbocycles. The lowest BCUT2D eigenvalue weighted by Crippen LogP contribution is -2.24. The largest absolute Gasteiger partial charge is 0.365 e. The Kier molecular flexibility index (Phi) is 4.31. The highest BCUT2D eigenvalue weighted by Crippen LogP contribution is 2.38. The van der Waals surface area contributed by atoms with Crippen LogP contribution in [0.25, 0.3) is 0 Å². The second-order valence-electron chi connectivity index (χ2n) is 3.99. The minimum atomic E-state index is -0.270. The van der Waals surface area contributed by atoms with Crippen LogP contribution in [0, 0.1) is 0 Å². The van der Waals surface area contributed by atoms with Gasteiger partial charge in [-0.1, -0.05) is 0 Å². The van der Waals surface area contributed by atoms with Gasteiger partial charge in [-0.15, -0.1) is 0 Å². The first-order valence-corrected chi connectivity index (χ1v) is 6.36. The van der Waals surface area contributed by atoms with Gasteiger partial charge in [-0.25, -0.2) is 9.97 Å². The topological polar surface area (TPSA) is 56.3 Å². The van der Waals surface area contributed by atoms with E-state index in [0.29, 0.717) is 12.5 Å². The molecule has 0 unspecified atom stereocenters. The smallest absolute Gasteiger partial charge is 0.173 e. The second kappa shape index (κ2) is 5.75. The number of ether oxygens (including phenoxy) is 2. The van der Waals surface area contributed by atoms with Gasteiger partial charge < -0.3 is 14.8 Å². The molecule has 17 heavy (non-hydrogen) atoms. The van der Waals surface area contributed by atoms with E-state index in [9.17, 15) is 0 Å². The maximum Gasteiger partial charge on any atom is 0.173 e. The van der Waals surface area contributed by atoms with Crippen molar-refractivity contribution in [2.75, 3.05) is 26.1 Å². The molecular formula is C11H16BrN3O2. The quantitative estimate of drug-likeness (QED) is 0.644. The van der Waals surface area contributed by atoms with Crippen LogP contribution in [0.5, 0.6) is 0 Å². The van der Waals surface area contributed by atoms with Crippen LogP contribution in [0.1, 0.15) is 24.6 Å². The van der Waals surface area contributed by atoms with E-state index in [4.69, 9.17) is 9.47 Å². The molecule has 1 aliphatic rings. The van der Waals surface area contributed by atoms with E-state index in [1.54, 1.807) is 14.2 Å². The van der Waals surface area contributed by atoms with Gasteiger partial charge >= 0.3 is 0 Å². The fourth-order valence-corrected chi connectivity index (χ4v) is 1.90. The summed E-state index contributed by atoms with van der Waals surface area (Å²) >= 11 is 3.40. The number of halogens is 1. The van der Waals surface area contributed by atoms with Crippen LogP contribution in [0.3, 0.4) is 0 Å². The van der Waals surface area contributed by atoms with E-state index < -0.39 is 0 Å². The number of hydrogen-bond acceptors (Lipinski definition) is 5.